The summed E-state index contributed by atoms with van der Waals surface area (Å²) in [5.74, 6) is 3.61. The maximum absolute atomic E-state index is 2.67. The summed E-state index contributed by atoms with van der Waals surface area (Å²) in [5, 5.41) is 0. The Kier molecular flexibility index (Phi) is 3.71. The van der Waals surface area contributed by atoms with Gasteiger partial charge in [-0.15, -0.1) is 0 Å². The highest BCUT2D eigenvalue weighted by atomic mass is 14.5. The molecule has 0 bridgehead atoms. The van der Waals surface area contributed by atoms with Crippen molar-refractivity contribution < 1.29 is 0 Å². The van der Waals surface area contributed by atoms with Gasteiger partial charge < -0.3 is 0 Å². The fourth-order valence-corrected chi connectivity index (χ4v) is 4.37. The first-order valence-electron chi connectivity index (χ1n) is 7.72. The first-order valence-corrected chi connectivity index (χ1v) is 7.72. The maximum Gasteiger partial charge on any atom is -0.0102 e. The number of fused-ring (bicyclic) bond motifs is 1. The Bertz CT molecular complexity index is 301. The van der Waals surface area contributed by atoms with E-state index in [2.05, 4.69) is 40.7 Å². The van der Waals surface area contributed by atoms with Gasteiger partial charge in [-0.25, -0.2) is 0 Å². The number of allylic oxidation sites excluding steroid dienone is 2. The molecule has 0 aliphatic heterocycles. The minimum atomic E-state index is 0.604. The fraction of sp³-hybridized carbons (Fsp3) is 0.882. The van der Waals surface area contributed by atoms with Crippen LogP contribution in [0.4, 0.5) is 0 Å². The highest BCUT2D eigenvalue weighted by Crippen LogP contribution is 2.60. The van der Waals surface area contributed by atoms with Crippen molar-refractivity contribution in [1.29, 1.82) is 0 Å². The van der Waals surface area contributed by atoms with Crippen LogP contribution in [0, 0.1) is 29.1 Å². The summed E-state index contributed by atoms with van der Waals surface area (Å²) < 4.78 is 0. The zero-order chi connectivity index (χ0) is 12.6. The Morgan fingerprint density at radius 1 is 1.29 bits per heavy atom. The van der Waals surface area contributed by atoms with E-state index in [-0.39, 0.29) is 0 Å². The molecular formula is C17H30. The van der Waals surface area contributed by atoms with Crippen LogP contribution in [0.25, 0.3) is 0 Å². The molecule has 0 aromatic heterocycles. The second kappa shape index (κ2) is 4.78. The molecule has 0 nitrogen and oxygen atoms in total. The van der Waals surface area contributed by atoms with E-state index in [1.807, 2.05) is 0 Å². The highest BCUT2D eigenvalue weighted by Gasteiger charge is 2.49. The molecule has 5 atom stereocenters. The van der Waals surface area contributed by atoms with Crippen LogP contribution in [0.2, 0.25) is 0 Å². The lowest BCUT2D eigenvalue weighted by molar-refractivity contribution is 0.170. The zero-order valence-electron chi connectivity index (χ0n) is 12.4. The third kappa shape index (κ3) is 2.33. The molecule has 17 heavy (non-hydrogen) atoms. The van der Waals surface area contributed by atoms with Crippen molar-refractivity contribution >= 4 is 0 Å². The standard InChI is InChI=1S/C17H30/c1-6-12(3)8-14(7-2)15-9-16-13(4)10-17(16,5)11-15/h9,12-15H,6-8,10-11H2,1-5H3. The van der Waals surface area contributed by atoms with Crippen LogP contribution >= 0.6 is 0 Å². The van der Waals surface area contributed by atoms with Crippen molar-refractivity contribution in [3.05, 3.63) is 11.6 Å². The normalized spacial score (nSPS) is 39.2. The van der Waals surface area contributed by atoms with Gasteiger partial charge in [-0.1, -0.05) is 59.1 Å². The van der Waals surface area contributed by atoms with Gasteiger partial charge in [0.05, 0.1) is 0 Å². The fourth-order valence-electron chi connectivity index (χ4n) is 4.37. The summed E-state index contributed by atoms with van der Waals surface area (Å²) in [4.78, 5) is 0. The van der Waals surface area contributed by atoms with Crippen LogP contribution in [-0.4, -0.2) is 0 Å². The molecule has 0 aromatic rings. The third-order valence-electron chi connectivity index (χ3n) is 5.60. The molecule has 0 aromatic carbocycles. The van der Waals surface area contributed by atoms with Gasteiger partial charge in [0.2, 0.25) is 0 Å². The van der Waals surface area contributed by atoms with Crippen molar-refractivity contribution in [3.63, 3.8) is 0 Å². The summed E-state index contributed by atoms with van der Waals surface area (Å²) in [6.45, 7) is 12.0. The van der Waals surface area contributed by atoms with E-state index in [0.29, 0.717) is 5.41 Å². The molecule has 0 heteroatoms. The van der Waals surface area contributed by atoms with Gasteiger partial charge in [-0.05, 0) is 48.3 Å². The van der Waals surface area contributed by atoms with Crippen molar-refractivity contribution in [1.82, 2.24) is 0 Å². The second-order valence-electron chi connectivity index (χ2n) is 7.07. The van der Waals surface area contributed by atoms with Crippen molar-refractivity contribution in [2.75, 3.05) is 0 Å². The molecule has 2 aliphatic rings. The maximum atomic E-state index is 2.67. The van der Waals surface area contributed by atoms with E-state index in [0.717, 1.165) is 23.7 Å². The molecular weight excluding hydrogens is 204 g/mol. The van der Waals surface area contributed by atoms with Gasteiger partial charge in [0.15, 0.2) is 0 Å². The Morgan fingerprint density at radius 3 is 2.47 bits per heavy atom. The lowest BCUT2D eigenvalue weighted by Gasteiger charge is -2.44. The summed E-state index contributed by atoms with van der Waals surface area (Å²) >= 11 is 0. The van der Waals surface area contributed by atoms with Crippen LogP contribution < -0.4 is 0 Å². The zero-order valence-corrected chi connectivity index (χ0v) is 12.4. The Morgan fingerprint density at radius 2 is 2.00 bits per heavy atom. The number of hydrogen-bond acceptors (Lipinski definition) is 0. The largest absolute Gasteiger partial charge is 0.0811 e. The van der Waals surface area contributed by atoms with Gasteiger partial charge in [-0.3, -0.25) is 0 Å². The van der Waals surface area contributed by atoms with Crippen molar-refractivity contribution in [2.45, 2.75) is 66.7 Å². The lowest BCUT2D eigenvalue weighted by atomic mass is 9.60. The number of hydrogen-bond donors (Lipinski definition) is 0. The topological polar surface area (TPSA) is 0 Å². The van der Waals surface area contributed by atoms with Gasteiger partial charge in [-0.2, -0.15) is 0 Å². The monoisotopic (exact) mass is 234 g/mol. The molecule has 1 fully saturated rings. The van der Waals surface area contributed by atoms with E-state index in [9.17, 15) is 0 Å². The predicted molar refractivity (Wildman–Crippen MR) is 75.9 cm³/mol. The highest BCUT2D eigenvalue weighted by molar-refractivity contribution is 5.32. The summed E-state index contributed by atoms with van der Waals surface area (Å²) in [5.41, 5.74) is 2.40. The molecule has 0 amide bonds. The molecule has 2 aliphatic carbocycles. The van der Waals surface area contributed by atoms with Crippen LogP contribution in [0.5, 0.6) is 0 Å². The van der Waals surface area contributed by atoms with E-state index in [4.69, 9.17) is 0 Å². The Labute approximate surface area is 108 Å². The van der Waals surface area contributed by atoms with Gasteiger partial charge in [0.1, 0.15) is 0 Å². The average Bonchev–Trinajstić information content (AvgIpc) is 2.57. The van der Waals surface area contributed by atoms with Crippen molar-refractivity contribution in [2.24, 2.45) is 29.1 Å². The molecule has 98 valence electrons. The predicted octanol–water partition coefficient (Wildman–Crippen LogP) is 5.44. The Hall–Kier alpha value is -0.260. The van der Waals surface area contributed by atoms with Gasteiger partial charge >= 0.3 is 0 Å². The van der Waals surface area contributed by atoms with Crippen LogP contribution in [-0.2, 0) is 0 Å². The van der Waals surface area contributed by atoms with Crippen LogP contribution in [0.15, 0.2) is 11.6 Å². The van der Waals surface area contributed by atoms with E-state index in [1.54, 1.807) is 5.57 Å². The van der Waals surface area contributed by atoms with E-state index < -0.39 is 0 Å². The quantitative estimate of drug-likeness (QED) is 0.556. The number of rotatable bonds is 5. The molecule has 0 saturated heterocycles. The molecule has 5 unspecified atom stereocenters. The van der Waals surface area contributed by atoms with Crippen LogP contribution in [0.1, 0.15) is 66.7 Å². The van der Waals surface area contributed by atoms with Gasteiger partial charge in [0, 0.05) is 0 Å². The first kappa shape index (κ1) is 13.2. The minimum absolute atomic E-state index is 0.604. The molecule has 0 heterocycles. The summed E-state index contributed by atoms with van der Waals surface area (Å²) in [6, 6.07) is 0. The smallest absolute Gasteiger partial charge is 0.0102 e. The molecule has 0 spiro atoms. The minimum Gasteiger partial charge on any atom is -0.0811 e. The molecule has 0 radical (unpaired) electrons. The second-order valence-corrected chi connectivity index (χ2v) is 7.07. The van der Waals surface area contributed by atoms with Crippen LogP contribution in [0.3, 0.4) is 0 Å². The van der Waals surface area contributed by atoms with E-state index in [1.165, 1.54) is 32.1 Å². The molecule has 0 N–H and O–H groups in total. The van der Waals surface area contributed by atoms with Crippen molar-refractivity contribution in [3.8, 4) is 0 Å². The average molecular weight is 234 g/mol. The summed E-state index contributed by atoms with van der Waals surface area (Å²) in [7, 11) is 0. The summed E-state index contributed by atoms with van der Waals surface area (Å²) in [6.07, 6.45) is 9.70. The Balaban J connectivity index is 2.01. The van der Waals surface area contributed by atoms with Gasteiger partial charge in [0.25, 0.3) is 0 Å². The first-order chi connectivity index (χ1) is 8.00. The third-order valence-corrected chi connectivity index (χ3v) is 5.60. The molecule has 2 rings (SSSR count). The lowest BCUT2D eigenvalue weighted by Crippen LogP contribution is -2.34. The SMILES string of the molecule is CCC(C)CC(CC)C1C=C2C(C)CC2(C)C1. The van der Waals surface area contributed by atoms with E-state index >= 15 is 0 Å². The molecule has 1 saturated carbocycles.